The first-order valence-corrected chi connectivity index (χ1v) is 4.16. The smallest absolute Gasteiger partial charge is 0.369 e. The fourth-order valence-corrected chi connectivity index (χ4v) is 0.894. The molecule has 2 N–H and O–H groups in total. The van der Waals surface area contributed by atoms with Gasteiger partial charge in [-0.1, -0.05) is 20.8 Å². The summed E-state index contributed by atoms with van der Waals surface area (Å²) >= 11 is 0. The molecule has 0 radical (unpaired) electrons. The first-order valence-electron chi connectivity index (χ1n) is 4.16. The molecule has 0 heterocycles. The van der Waals surface area contributed by atoms with Gasteiger partial charge in [0.15, 0.2) is 0 Å². The molecule has 0 aromatic heterocycles. The summed E-state index contributed by atoms with van der Waals surface area (Å²) in [5.41, 5.74) is -0.701. The zero-order valence-electron chi connectivity index (χ0n) is 8.40. The van der Waals surface area contributed by atoms with Gasteiger partial charge >= 0.3 is 11.9 Å². The van der Waals surface area contributed by atoms with Crippen molar-refractivity contribution in [1.82, 2.24) is 0 Å². The number of carbonyl (C=O) groups excluding carboxylic acids is 1. The molecule has 0 aromatic carbocycles. The average molecular weight is 202 g/mol. The molecule has 0 saturated carbocycles. The van der Waals surface area contributed by atoms with Gasteiger partial charge in [-0.25, -0.2) is 9.59 Å². The second-order valence-electron chi connectivity index (χ2n) is 3.51. The SMILES string of the molecule is CCC(C)(C)/C(=C/C(=O)O)C(=O)OO. The van der Waals surface area contributed by atoms with Crippen molar-refractivity contribution < 1.29 is 24.8 Å². The van der Waals surface area contributed by atoms with Crippen LogP contribution in [0.25, 0.3) is 0 Å². The second-order valence-corrected chi connectivity index (χ2v) is 3.51. The van der Waals surface area contributed by atoms with E-state index < -0.39 is 17.4 Å². The number of hydrogen-bond donors (Lipinski definition) is 2. The van der Waals surface area contributed by atoms with Crippen LogP contribution in [0.3, 0.4) is 0 Å². The Hall–Kier alpha value is -1.36. The lowest BCUT2D eigenvalue weighted by Gasteiger charge is -2.23. The third-order valence-electron chi connectivity index (χ3n) is 2.18. The maximum absolute atomic E-state index is 11.0. The molecule has 0 aliphatic heterocycles. The van der Waals surface area contributed by atoms with E-state index in [1.807, 2.05) is 0 Å². The van der Waals surface area contributed by atoms with Gasteiger partial charge in [0.05, 0.1) is 5.57 Å². The van der Waals surface area contributed by atoms with Crippen molar-refractivity contribution in [2.45, 2.75) is 27.2 Å². The Morgan fingerprint density at radius 2 is 1.93 bits per heavy atom. The third kappa shape index (κ3) is 3.18. The van der Waals surface area contributed by atoms with Crippen molar-refractivity contribution in [3.8, 4) is 0 Å². The van der Waals surface area contributed by atoms with Crippen molar-refractivity contribution >= 4 is 11.9 Å². The molecule has 0 aliphatic rings. The highest BCUT2D eigenvalue weighted by Crippen LogP contribution is 2.30. The Labute approximate surface area is 81.9 Å². The second kappa shape index (κ2) is 4.76. The number of hydrogen-bond acceptors (Lipinski definition) is 4. The molecule has 0 aromatic rings. The number of rotatable bonds is 4. The van der Waals surface area contributed by atoms with Gasteiger partial charge in [0.2, 0.25) is 0 Å². The number of carboxylic acids is 1. The number of carbonyl (C=O) groups is 2. The predicted molar refractivity (Wildman–Crippen MR) is 48.5 cm³/mol. The lowest BCUT2D eigenvalue weighted by atomic mass is 9.81. The monoisotopic (exact) mass is 202 g/mol. The summed E-state index contributed by atoms with van der Waals surface area (Å²) in [5.74, 6) is -2.27. The molecule has 0 atom stereocenters. The van der Waals surface area contributed by atoms with E-state index >= 15 is 0 Å². The summed E-state index contributed by atoms with van der Waals surface area (Å²) in [7, 11) is 0. The van der Waals surface area contributed by atoms with E-state index in [2.05, 4.69) is 4.89 Å². The van der Waals surface area contributed by atoms with Gasteiger partial charge in [0.1, 0.15) is 0 Å². The molecule has 0 aliphatic carbocycles. The van der Waals surface area contributed by atoms with Crippen molar-refractivity contribution in [1.29, 1.82) is 0 Å². The first-order chi connectivity index (χ1) is 6.35. The maximum Gasteiger partial charge on any atom is 0.369 e. The predicted octanol–water partition coefficient (Wildman–Crippen LogP) is 1.45. The molecule has 80 valence electrons. The molecular formula is C9H14O5. The summed E-state index contributed by atoms with van der Waals surface area (Å²) in [6.07, 6.45) is 1.31. The van der Waals surface area contributed by atoms with Crippen LogP contribution in [0.5, 0.6) is 0 Å². The van der Waals surface area contributed by atoms with Crippen LogP contribution in [0.4, 0.5) is 0 Å². The lowest BCUT2D eigenvalue weighted by Crippen LogP contribution is -2.23. The Morgan fingerprint density at radius 1 is 1.43 bits per heavy atom. The molecule has 0 spiro atoms. The van der Waals surface area contributed by atoms with Crippen molar-refractivity contribution in [2.24, 2.45) is 5.41 Å². The van der Waals surface area contributed by atoms with Crippen LogP contribution in [0.15, 0.2) is 11.6 Å². The van der Waals surface area contributed by atoms with Crippen LogP contribution in [0, 0.1) is 5.41 Å². The molecule has 5 nitrogen and oxygen atoms in total. The molecule has 0 bridgehead atoms. The molecule has 0 saturated heterocycles. The summed E-state index contributed by atoms with van der Waals surface area (Å²) in [6.45, 7) is 5.19. The van der Waals surface area contributed by atoms with Gasteiger partial charge < -0.3 is 5.11 Å². The highest BCUT2D eigenvalue weighted by Gasteiger charge is 2.29. The van der Waals surface area contributed by atoms with Crippen LogP contribution in [0.2, 0.25) is 0 Å². The highest BCUT2D eigenvalue weighted by molar-refractivity contribution is 5.96. The fraction of sp³-hybridized carbons (Fsp3) is 0.556. The zero-order chi connectivity index (χ0) is 11.4. The molecule has 0 unspecified atom stereocenters. The van der Waals surface area contributed by atoms with E-state index in [-0.39, 0.29) is 5.57 Å². The molecule has 5 heteroatoms. The Bertz CT molecular complexity index is 264. The third-order valence-corrected chi connectivity index (χ3v) is 2.18. The normalized spacial score (nSPS) is 12.4. The minimum Gasteiger partial charge on any atom is -0.478 e. The molecule has 0 fully saturated rings. The van der Waals surface area contributed by atoms with Gasteiger partial charge in [-0.05, 0) is 11.8 Å². The highest BCUT2D eigenvalue weighted by atomic mass is 17.1. The van der Waals surface area contributed by atoms with Gasteiger partial charge in [-0.2, -0.15) is 5.26 Å². The van der Waals surface area contributed by atoms with Gasteiger partial charge in [-0.15, -0.1) is 0 Å². The van der Waals surface area contributed by atoms with E-state index in [0.29, 0.717) is 6.42 Å². The van der Waals surface area contributed by atoms with E-state index in [4.69, 9.17) is 10.4 Å². The topological polar surface area (TPSA) is 83.8 Å². The van der Waals surface area contributed by atoms with Gasteiger partial charge in [0, 0.05) is 6.08 Å². The standard InChI is InChI=1S/C9H14O5/c1-4-9(2,3)6(5-7(10)11)8(12)14-13/h5,13H,4H2,1-3H3,(H,10,11)/b6-5+. The van der Waals surface area contributed by atoms with Crippen LogP contribution >= 0.6 is 0 Å². The van der Waals surface area contributed by atoms with E-state index in [9.17, 15) is 9.59 Å². The summed E-state index contributed by atoms with van der Waals surface area (Å²) in [6, 6.07) is 0. The number of carboxylic acid groups (broad SMARTS) is 1. The van der Waals surface area contributed by atoms with E-state index in [0.717, 1.165) is 6.08 Å². The molecule has 0 amide bonds. The lowest BCUT2D eigenvalue weighted by molar-refractivity contribution is -0.230. The Morgan fingerprint density at radius 3 is 2.21 bits per heavy atom. The van der Waals surface area contributed by atoms with Crippen LogP contribution in [-0.2, 0) is 14.5 Å². The van der Waals surface area contributed by atoms with Gasteiger partial charge in [-0.3, -0.25) is 4.89 Å². The minimum atomic E-state index is -1.24. The molecule has 0 rings (SSSR count). The van der Waals surface area contributed by atoms with Crippen LogP contribution < -0.4 is 0 Å². The zero-order valence-corrected chi connectivity index (χ0v) is 8.40. The van der Waals surface area contributed by atoms with Crippen LogP contribution in [-0.4, -0.2) is 22.3 Å². The minimum absolute atomic E-state index is 0.0602. The Kier molecular flexibility index (Phi) is 4.30. The molecular weight excluding hydrogens is 188 g/mol. The summed E-state index contributed by atoms with van der Waals surface area (Å²) in [4.78, 5) is 25.0. The largest absolute Gasteiger partial charge is 0.478 e. The fourth-order valence-electron chi connectivity index (χ4n) is 0.894. The van der Waals surface area contributed by atoms with Crippen molar-refractivity contribution in [3.05, 3.63) is 11.6 Å². The van der Waals surface area contributed by atoms with Crippen molar-refractivity contribution in [2.75, 3.05) is 0 Å². The van der Waals surface area contributed by atoms with Crippen LogP contribution in [0.1, 0.15) is 27.2 Å². The number of aliphatic carboxylic acids is 1. The van der Waals surface area contributed by atoms with E-state index in [1.54, 1.807) is 20.8 Å². The van der Waals surface area contributed by atoms with Gasteiger partial charge in [0.25, 0.3) is 0 Å². The Balaban J connectivity index is 5.11. The van der Waals surface area contributed by atoms with Crippen molar-refractivity contribution in [3.63, 3.8) is 0 Å². The maximum atomic E-state index is 11.0. The summed E-state index contributed by atoms with van der Waals surface area (Å²) < 4.78 is 0. The van der Waals surface area contributed by atoms with E-state index in [1.165, 1.54) is 0 Å². The first kappa shape index (κ1) is 12.6. The summed E-state index contributed by atoms with van der Waals surface area (Å²) in [5, 5.41) is 16.7. The average Bonchev–Trinajstić information content (AvgIpc) is 2.12. The molecule has 14 heavy (non-hydrogen) atoms. The quantitative estimate of drug-likeness (QED) is 0.409.